The minimum Gasteiger partial charge on any atom is -0.507 e. The van der Waals surface area contributed by atoms with E-state index in [2.05, 4.69) is 0 Å². The maximum absolute atomic E-state index is 14.4. The molecule has 1 aromatic rings. The number of ether oxygens (including phenoxy) is 9. The number of phenolic OH excluding ortho intramolecular Hbond substituents is 1. The van der Waals surface area contributed by atoms with Crippen LogP contribution in [-0.2, 0) is 65.3 Å². The molecular weight excluding hydrogens is 1160 g/mol. The fourth-order valence-electron chi connectivity index (χ4n) is 11.7. The van der Waals surface area contributed by atoms with Crippen molar-refractivity contribution in [1.82, 2.24) is 14.7 Å². The van der Waals surface area contributed by atoms with Crippen LogP contribution in [0.2, 0.25) is 0 Å². The number of hydrogen-bond acceptors (Lipinski definition) is 21. The normalized spacial score (nSPS) is 37.0. The van der Waals surface area contributed by atoms with Crippen molar-refractivity contribution < 1.29 is 92.4 Å². The first-order chi connectivity index (χ1) is 37.2. The van der Waals surface area contributed by atoms with Crippen LogP contribution in [0.5, 0.6) is 11.5 Å². The first-order valence-corrected chi connectivity index (χ1v) is 29.0. The van der Waals surface area contributed by atoms with Crippen LogP contribution in [-0.4, -0.2) is 219 Å². The Morgan fingerprint density at radius 1 is 0.950 bits per heavy atom. The third kappa shape index (κ3) is 15.7. The summed E-state index contributed by atoms with van der Waals surface area (Å²) in [5.41, 5.74) is -1.96. The Kier molecular flexibility index (Phi) is 23.7. The minimum atomic E-state index is -1.90. The highest BCUT2D eigenvalue weighted by Crippen LogP contribution is 2.43. The number of amides is 1. The number of nitrogens with zero attached hydrogens (tertiary/aromatic N) is 3. The van der Waals surface area contributed by atoms with Crippen LogP contribution in [0.4, 0.5) is 0 Å². The monoisotopic (exact) mass is 1250 g/mol. The Balaban J connectivity index is 1.29. The number of hydrogen-bond donors (Lipinski definition) is 6. The molecule has 0 aromatic heterocycles. The molecule has 5 rings (SSSR count). The average Bonchev–Trinajstić information content (AvgIpc) is 3.81. The number of benzene rings is 1. The van der Waals surface area contributed by atoms with E-state index in [4.69, 9.17) is 42.6 Å². The average molecular weight is 1250 g/mol. The molecule has 456 valence electrons. The molecule has 0 saturated carbocycles. The third-order valence-electron chi connectivity index (χ3n) is 17.0. The number of likely N-dealkylation sites (N-methyl/N-ethyl adjacent to an activating group) is 3. The number of carbonyl (C=O) groups is 4. The Morgan fingerprint density at radius 3 is 2.25 bits per heavy atom. The molecule has 0 radical (unpaired) electrons. The van der Waals surface area contributed by atoms with Crippen molar-refractivity contribution in [3.05, 3.63) is 33.9 Å². The van der Waals surface area contributed by atoms with Crippen molar-refractivity contribution in [3.8, 4) is 11.5 Å². The van der Waals surface area contributed by atoms with Crippen LogP contribution in [0.1, 0.15) is 128 Å². The number of fused-ring (bicyclic) bond motifs is 1. The van der Waals surface area contributed by atoms with Gasteiger partial charge in [0, 0.05) is 63.2 Å². The highest BCUT2D eigenvalue weighted by molar-refractivity contribution is 14.1. The molecule has 3 fully saturated rings. The molecule has 6 N–H and O–H groups in total. The number of rotatable bonds is 17. The first-order valence-electron chi connectivity index (χ1n) is 27.8. The molecule has 4 aliphatic rings. The van der Waals surface area contributed by atoms with Crippen LogP contribution in [0.15, 0.2) is 11.6 Å². The van der Waals surface area contributed by atoms with Crippen molar-refractivity contribution in [2.45, 2.75) is 210 Å². The molecule has 18 atom stereocenters. The second-order valence-corrected chi connectivity index (χ2v) is 24.9. The molecular formula is C57H92IN3O19. The number of halogens is 1. The molecule has 4 aliphatic heterocycles. The second-order valence-electron chi connectivity index (χ2n) is 23.8. The smallest absolute Gasteiger partial charge is 0.342 e. The van der Waals surface area contributed by atoms with Gasteiger partial charge in [0.05, 0.1) is 61.2 Å². The van der Waals surface area contributed by atoms with Gasteiger partial charge in [-0.25, -0.2) is 4.79 Å². The van der Waals surface area contributed by atoms with E-state index in [1.807, 2.05) is 31.7 Å². The number of aromatic hydroxyl groups is 1. The topological polar surface area (TPSA) is 282 Å². The molecule has 0 spiro atoms. The van der Waals surface area contributed by atoms with Gasteiger partial charge in [0.25, 0.3) is 0 Å². The van der Waals surface area contributed by atoms with E-state index in [1.54, 1.807) is 97.1 Å². The summed E-state index contributed by atoms with van der Waals surface area (Å²) in [5, 5.41) is 70.3. The number of allylic oxidation sites excluding steroid dienone is 2. The van der Waals surface area contributed by atoms with E-state index < -0.39 is 118 Å². The Hall–Kier alpha value is -3.31. The molecule has 0 aliphatic carbocycles. The molecule has 1 unspecified atom stereocenters. The van der Waals surface area contributed by atoms with E-state index in [1.165, 1.54) is 26.0 Å². The lowest BCUT2D eigenvalue weighted by molar-refractivity contribution is -0.317. The van der Waals surface area contributed by atoms with Gasteiger partial charge in [-0.3, -0.25) is 19.3 Å². The number of cyclic esters (lactones) is 2. The summed E-state index contributed by atoms with van der Waals surface area (Å²) in [6.07, 6.45) is -7.02. The summed E-state index contributed by atoms with van der Waals surface area (Å²) < 4.78 is 52.8. The molecule has 80 heavy (non-hydrogen) atoms. The summed E-state index contributed by atoms with van der Waals surface area (Å²) >= 11 is 1.80. The lowest BCUT2D eigenvalue weighted by Gasteiger charge is -2.49. The molecule has 1 amide bonds. The number of alkyl halides is 1. The van der Waals surface area contributed by atoms with Crippen molar-refractivity contribution in [2.24, 2.45) is 17.8 Å². The highest BCUT2D eigenvalue weighted by atomic mass is 127. The van der Waals surface area contributed by atoms with E-state index >= 15 is 0 Å². The second kappa shape index (κ2) is 28.1. The maximum Gasteiger partial charge on any atom is 0.342 e. The standard InChI is InChI=1S/C57H92IN3O19/c1-29(17-19-37-44(64)43-38(28-75-52(43)69)32(4)47(37)72-15)18-20-41(63)74-22-21-59(12)27-40(62)61(14)39-23-31(3)76-53(45(39)65)79-50-33(5)46(78-42-25-56(10,73-16)49(67)36(8)77-42)34(6)51(68)80-54(58)57(11,71)48(66)35(7)60(13)26-30(2)24-55(50,9)70/h17,30-31,33-36,39,42,45-46,48-50,53-54,64-67,70-71H,18-28H2,1-16H3/b29-17+/t30-,31-,33+,34-,35-,36+,39?,42+,45-,46+,48-,49+,50-,53+,54+,55-,56-,57+/m1/s1. The maximum atomic E-state index is 14.4. The molecule has 0 bridgehead atoms. The summed E-state index contributed by atoms with van der Waals surface area (Å²) in [5.74, 6) is -4.18. The Morgan fingerprint density at radius 2 is 1.61 bits per heavy atom. The summed E-state index contributed by atoms with van der Waals surface area (Å²) in [6, 6.07) is -1.45. The van der Waals surface area contributed by atoms with Crippen LogP contribution >= 0.6 is 22.6 Å². The van der Waals surface area contributed by atoms with Gasteiger partial charge >= 0.3 is 17.9 Å². The first kappa shape index (κ1) is 67.5. The van der Waals surface area contributed by atoms with E-state index in [0.29, 0.717) is 29.8 Å². The van der Waals surface area contributed by atoms with Crippen molar-refractivity contribution >= 4 is 46.4 Å². The van der Waals surface area contributed by atoms with Crippen LogP contribution in [0, 0.1) is 24.7 Å². The zero-order valence-electron chi connectivity index (χ0n) is 49.7. The predicted molar refractivity (Wildman–Crippen MR) is 301 cm³/mol. The molecule has 1 aromatic carbocycles. The number of phenols is 1. The van der Waals surface area contributed by atoms with E-state index in [9.17, 15) is 49.8 Å². The SMILES string of the molecule is COc1c(C)c2c(c(O)c1C/C=C(\C)CCC(=O)OCCN(C)CC(=O)N(C)C1C[C@@H](C)O[C@@H](O[C@@H]3[C@@H](C)[C@H](O[C@H]4C[C@@](C)(OC)[C@@H](O)[C@H](C)O4)[C@@H](C)C(=O)O[C@H](I)[C@@](C)(O)[C@H](O)[C@@H](C)N(C)C[C@H](C)C[C@@]3(C)O)[C@@H]1O)C(=O)OC2. The minimum absolute atomic E-state index is 0.00690. The van der Waals surface area contributed by atoms with Crippen molar-refractivity contribution in [3.63, 3.8) is 0 Å². The molecule has 3 saturated heterocycles. The van der Waals surface area contributed by atoms with Gasteiger partial charge in [-0.15, -0.1) is 0 Å². The van der Waals surface area contributed by atoms with Crippen molar-refractivity contribution in [1.29, 1.82) is 0 Å². The fourth-order valence-corrected chi connectivity index (χ4v) is 12.3. The lowest BCUT2D eigenvalue weighted by Crippen LogP contribution is -2.61. The number of carbonyl (C=O) groups excluding carboxylic acids is 4. The largest absolute Gasteiger partial charge is 0.507 e. The van der Waals surface area contributed by atoms with Gasteiger partial charge in [0.2, 0.25) is 5.91 Å². The number of aliphatic hydroxyl groups excluding tert-OH is 3. The van der Waals surface area contributed by atoms with Gasteiger partial charge in [0.1, 0.15) is 54.2 Å². The quantitative estimate of drug-likeness (QED) is 0.0424. The molecule has 22 nitrogen and oxygen atoms in total. The molecule has 4 heterocycles. The highest BCUT2D eigenvalue weighted by Gasteiger charge is 2.53. The summed E-state index contributed by atoms with van der Waals surface area (Å²) in [6.45, 7) is 19.4. The Bertz CT molecular complexity index is 2340. The predicted octanol–water partition coefficient (Wildman–Crippen LogP) is 3.92. The fraction of sp³-hybridized carbons (Fsp3) is 0.789. The summed E-state index contributed by atoms with van der Waals surface area (Å²) in [4.78, 5) is 58.5. The molecule has 23 heteroatoms. The van der Waals surface area contributed by atoms with Crippen LogP contribution in [0.25, 0.3) is 0 Å². The third-order valence-corrected chi connectivity index (χ3v) is 18.5. The van der Waals surface area contributed by atoms with Crippen LogP contribution < -0.4 is 4.74 Å². The van der Waals surface area contributed by atoms with Gasteiger partial charge < -0.3 is 83.1 Å². The lowest BCUT2D eigenvalue weighted by atomic mass is 9.77. The van der Waals surface area contributed by atoms with Gasteiger partial charge in [0.15, 0.2) is 16.7 Å². The van der Waals surface area contributed by atoms with E-state index in [-0.39, 0.29) is 81.5 Å². The van der Waals surface area contributed by atoms with Gasteiger partial charge in [-0.05, 0) is 136 Å². The number of methoxy groups -OCH3 is 2. The zero-order chi connectivity index (χ0) is 60.1. The Labute approximate surface area is 485 Å². The zero-order valence-corrected chi connectivity index (χ0v) is 51.9. The summed E-state index contributed by atoms with van der Waals surface area (Å²) in [7, 11) is 8.04. The van der Waals surface area contributed by atoms with E-state index in [0.717, 1.165) is 11.1 Å². The number of aliphatic hydroxyl groups is 5. The number of esters is 3. The van der Waals surface area contributed by atoms with Gasteiger partial charge in [-0.1, -0.05) is 25.5 Å². The van der Waals surface area contributed by atoms with Crippen LogP contribution in [0.3, 0.4) is 0 Å². The van der Waals surface area contributed by atoms with Crippen molar-refractivity contribution in [2.75, 3.05) is 61.6 Å². The van der Waals surface area contributed by atoms with Gasteiger partial charge in [-0.2, -0.15) is 0 Å².